The lowest BCUT2D eigenvalue weighted by atomic mass is 10.1. The van der Waals surface area contributed by atoms with Crippen LogP contribution >= 0.6 is 0 Å². The molecule has 2 unspecified atom stereocenters. The lowest BCUT2D eigenvalue weighted by molar-refractivity contribution is -0.0578. The van der Waals surface area contributed by atoms with E-state index in [-0.39, 0.29) is 0 Å². The summed E-state index contributed by atoms with van der Waals surface area (Å²) in [5.74, 6) is 0. The van der Waals surface area contributed by atoms with Crippen LogP contribution in [-0.2, 0) is 9.47 Å². The predicted molar refractivity (Wildman–Crippen MR) is 100 cm³/mol. The zero-order valence-electron chi connectivity index (χ0n) is 16.0. The minimum atomic E-state index is 0.380. The molecular weight excluding hydrogens is 284 g/mol. The van der Waals surface area contributed by atoms with Crippen molar-refractivity contribution in [2.75, 3.05) is 13.2 Å². The second-order valence-corrected chi connectivity index (χ2v) is 7.28. The summed E-state index contributed by atoms with van der Waals surface area (Å²) in [7, 11) is 0. The molecule has 138 valence electrons. The minimum absolute atomic E-state index is 0.380. The summed E-state index contributed by atoms with van der Waals surface area (Å²) in [4.78, 5) is 0. The van der Waals surface area contributed by atoms with Gasteiger partial charge < -0.3 is 9.47 Å². The van der Waals surface area contributed by atoms with E-state index in [1.54, 1.807) is 0 Å². The number of hydrogen-bond donors (Lipinski definition) is 0. The highest BCUT2D eigenvalue weighted by atomic mass is 16.5. The van der Waals surface area contributed by atoms with E-state index in [1.807, 2.05) is 0 Å². The van der Waals surface area contributed by atoms with Crippen LogP contribution in [0.3, 0.4) is 0 Å². The fraction of sp³-hybridized carbons (Fsp3) is 1.00. The topological polar surface area (TPSA) is 18.5 Å². The molecule has 2 atom stereocenters. The van der Waals surface area contributed by atoms with E-state index in [2.05, 4.69) is 13.8 Å². The first kappa shape index (κ1) is 21.0. The van der Waals surface area contributed by atoms with Gasteiger partial charge in [0.15, 0.2) is 0 Å². The first-order valence-corrected chi connectivity index (χ1v) is 10.6. The lowest BCUT2D eigenvalue weighted by Crippen LogP contribution is -2.27. The lowest BCUT2D eigenvalue weighted by Gasteiger charge is -2.21. The van der Waals surface area contributed by atoms with E-state index in [4.69, 9.17) is 9.47 Å². The fourth-order valence-corrected chi connectivity index (χ4v) is 3.51. The van der Waals surface area contributed by atoms with E-state index < -0.39 is 0 Å². The Balaban J connectivity index is 1.94. The van der Waals surface area contributed by atoms with Gasteiger partial charge in [0.05, 0.1) is 12.2 Å². The van der Waals surface area contributed by atoms with E-state index in [1.165, 1.54) is 96.3 Å². The molecule has 0 amide bonds. The van der Waals surface area contributed by atoms with Gasteiger partial charge in [0, 0.05) is 13.2 Å². The van der Waals surface area contributed by atoms with Gasteiger partial charge in [0.25, 0.3) is 0 Å². The molecule has 0 aromatic heterocycles. The van der Waals surface area contributed by atoms with Crippen LogP contribution in [0.15, 0.2) is 0 Å². The Labute approximate surface area is 145 Å². The van der Waals surface area contributed by atoms with E-state index in [0.29, 0.717) is 12.2 Å². The number of unbranched alkanes of at least 4 members (excludes halogenated alkanes) is 10. The smallest absolute Gasteiger partial charge is 0.0836 e. The Morgan fingerprint density at radius 1 is 0.565 bits per heavy atom. The van der Waals surface area contributed by atoms with Gasteiger partial charge in [-0.1, -0.05) is 78.1 Å². The highest BCUT2D eigenvalue weighted by Gasteiger charge is 2.28. The average Bonchev–Trinajstić information content (AvgIpc) is 3.00. The van der Waals surface area contributed by atoms with Crippen molar-refractivity contribution in [3.8, 4) is 0 Å². The fourth-order valence-electron chi connectivity index (χ4n) is 3.51. The van der Waals surface area contributed by atoms with Crippen molar-refractivity contribution in [3.05, 3.63) is 0 Å². The standard InChI is InChI=1S/C21H42O2/c1-3-5-7-9-11-13-18-22-20-16-15-17-21(20)23-19-14-12-10-8-6-4-2/h20-21H,3-19H2,1-2H3. The number of rotatable bonds is 16. The van der Waals surface area contributed by atoms with Gasteiger partial charge >= 0.3 is 0 Å². The molecule has 0 bridgehead atoms. The summed E-state index contributed by atoms with van der Waals surface area (Å²) in [6, 6.07) is 0. The normalized spacial score (nSPS) is 21.1. The predicted octanol–water partition coefficient (Wildman–Crippen LogP) is 6.66. The van der Waals surface area contributed by atoms with Crippen LogP contribution in [0.5, 0.6) is 0 Å². The molecule has 1 fully saturated rings. The molecule has 2 nitrogen and oxygen atoms in total. The van der Waals surface area contributed by atoms with Gasteiger partial charge in [-0.3, -0.25) is 0 Å². The van der Waals surface area contributed by atoms with E-state index in [0.717, 1.165) is 13.2 Å². The largest absolute Gasteiger partial charge is 0.376 e. The Bertz CT molecular complexity index is 218. The van der Waals surface area contributed by atoms with Crippen molar-refractivity contribution < 1.29 is 9.47 Å². The zero-order chi connectivity index (χ0) is 16.6. The third kappa shape index (κ3) is 11.2. The maximum Gasteiger partial charge on any atom is 0.0836 e. The first-order chi connectivity index (χ1) is 11.4. The van der Waals surface area contributed by atoms with Crippen molar-refractivity contribution in [3.63, 3.8) is 0 Å². The molecule has 0 aromatic carbocycles. The van der Waals surface area contributed by atoms with E-state index >= 15 is 0 Å². The maximum absolute atomic E-state index is 6.11. The summed E-state index contributed by atoms with van der Waals surface area (Å²) >= 11 is 0. The molecule has 0 aliphatic heterocycles. The van der Waals surface area contributed by atoms with Gasteiger partial charge in [0.2, 0.25) is 0 Å². The summed E-state index contributed by atoms with van der Waals surface area (Å²) in [5, 5.41) is 0. The molecule has 2 heteroatoms. The molecule has 1 aliphatic rings. The summed E-state index contributed by atoms with van der Waals surface area (Å²) in [6.07, 6.45) is 20.5. The minimum Gasteiger partial charge on any atom is -0.376 e. The van der Waals surface area contributed by atoms with Crippen molar-refractivity contribution in [1.82, 2.24) is 0 Å². The second kappa shape index (κ2) is 15.4. The first-order valence-electron chi connectivity index (χ1n) is 10.6. The number of ether oxygens (including phenoxy) is 2. The van der Waals surface area contributed by atoms with Crippen LogP contribution in [0.2, 0.25) is 0 Å². The molecule has 1 aliphatic carbocycles. The molecule has 0 radical (unpaired) electrons. The van der Waals surface area contributed by atoms with Crippen LogP contribution in [0.1, 0.15) is 110 Å². The van der Waals surface area contributed by atoms with Crippen molar-refractivity contribution in [2.24, 2.45) is 0 Å². The summed E-state index contributed by atoms with van der Waals surface area (Å²) in [6.45, 7) is 6.42. The zero-order valence-corrected chi connectivity index (χ0v) is 16.0. The summed E-state index contributed by atoms with van der Waals surface area (Å²) < 4.78 is 12.2. The van der Waals surface area contributed by atoms with Gasteiger partial charge in [-0.25, -0.2) is 0 Å². The molecular formula is C21H42O2. The van der Waals surface area contributed by atoms with Crippen LogP contribution in [0.4, 0.5) is 0 Å². The quantitative estimate of drug-likeness (QED) is 0.295. The molecule has 0 heterocycles. The monoisotopic (exact) mass is 326 g/mol. The van der Waals surface area contributed by atoms with Crippen LogP contribution in [-0.4, -0.2) is 25.4 Å². The van der Waals surface area contributed by atoms with Crippen molar-refractivity contribution in [2.45, 2.75) is 122 Å². The third-order valence-electron chi connectivity index (χ3n) is 5.05. The SMILES string of the molecule is CCCCCCCCOC1CCCC1OCCCCCCCC. The molecule has 0 spiro atoms. The molecule has 1 saturated carbocycles. The second-order valence-electron chi connectivity index (χ2n) is 7.28. The molecule has 0 aromatic rings. The Kier molecular flexibility index (Phi) is 14.1. The van der Waals surface area contributed by atoms with Crippen LogP contribution in [0.25, 0.3) is 0 Å². The van der Waals surface area contributed by atoms with Gasteiger partial charge in [-0.2, -0.15) is 0 Å². The Morgan fingerprint density at radius 2 is 0.957 bits per heavy atom. The van der Waals surface area contributed by atoms with Gasteiger partial charge in [0.1, 0.15) is 0 Å². The summed E-state index contributed by atoms with van der Waals surface area (Å²) in [5.41, 5.74) is 0. The maximum atomic E-state index is 6.11. The molecule has 1 rings (SSSR count). The van der Waals surface area contributed by atoms with Crippen molar-refractivity contribution in [1.29, 1.82) is 0 Å². The van der Waals surface area contributed by atoms with Crippen LogP contribution in [0, 0.1) is 0 Å². The molecule has 0 N–H and O–H groups in total. The van der Waals surface area contributed by atoms with Crippen LogP contribution < -0.4 is 0 Å². The van der Waals surface area contributed by atoms with Gasteiger partial charge in [-0.15, -0.1) is 0 Å². The van der Waals surface area contributed by atoms with Crippen molar-refractivity contribution >= 4 is 0 Å². The highest BCUT2D eigenvalue weighted by Crippen LogP contribution is 2.25. The Hall–Kier alpha value is -0.0800. The van der Waals surface area contributed by atoms with Gasteiger partial charge in [-0.05, 0) is 32.1 Å². The third-order valence-corrected chi connectivity index (χ3v) is 5.05. The highest BCUT2D eigenvalue weighted by molar-refractivity contribution is 4.79. The molecule has 23 heavy (non-hydrogen) atoms. The average molecular weight is 327 g/mol. The Morgan fingerprint density at radius 3 is 1.39 bits per heavy atom. The molecule has 0 saturated heterocycles. The number of hydrogen-bond acceptors (Lipinski definition) is 2. The van der Waals surface area contributed by atoms with E-state index in [9.17, 15) is 0 Å².